The molecule has 0 bridgehead atoms. The molecule has 0 unspecified atom stereocenters. The highest BCUT2D eigenvalue weighted by Gasteiger charge is 2.23. The van der Waals surface area contributed by atoms with Gasteiger partial charge in [0.25, 0.3) is 0 Å². The van der Waals surface area contributed by atoms with E-state index in [0.29, 0.717) is 5.75 Å². The van der Waals surface area contributed by atoms with Gasteiger partial charge >= 0.3 is 0 Å². The summed E-state index contributed by atoms with van der Waals surface area (Å²) in [6.45, 7) is 0.208. The molecule has 2 aromatic carbocycles. The summed E-state index contributed by atoms with van der Waals surface area (Å²) >= 11 is 3.58. The fourth-order valence-electron chi connectivity index (χ4n) is 2.78. The average molecular weight is 358 g/mol. The first-order valence-corrected chi connectivity index (χ1v) is 7.65. The Hall–Kier alpha value is -2.11. The maximum Gasteiger partial charge on any atom is 0.231 e. The highest BCUT2D eigenvalue weighted by atomic mass is 79.9. The van der Waals surface area contributed by atoms with Crippen molar-refractivity contribution in [2.75, 3.05) is 6.79 Å². The zero-order valence-corrected chi connectivity index (χ0v) is 13.1. The first kappa shape index (κ1) is 13.5. The third-order valence-electron chi connectivity index (χ3n) is 3.79. The van der Waals surface area contributed by atoms with Gasteiger partial charge in [0, 0.05) is 16.1 Å². The highest BCUT2D eigenvalue weighted by Crippen LogP contribution is 2.46. The quantitative estimate of drug-likeness (QED) is 0.755. The standard InChI is InChI=1S/C17H12BrNO3/c18-13-4-5-14-17(22-9-21-14)15(13)16-12-3-1-2-10(8-20)11(12)6-7-19-16/h1-7,20H,8-9H2. The first-order valence-electron chi connectivity index (χ1n) is 6.85. The van der Waals surface area contributed by atoms with E-state index >= 15 is 0 Å². The van der Waals surface area contributed by atoms with Crippen molar-refractivity contribution in [2.45, 2.75) is 6.61 Å². The smallest absolute Gasteiger partial charge is 0.231 e. The molecule has 3 aromatic rings. The topological polar surface area (TPSA) is 51.6 Å². The third kappa shape index (κ3) is 1.97. The minimum absolute atomic E-state index is 0.00549. The van der Waals surface area contributed by atoms with Crippen LogP contribution in [0.15, 0.2) is 47.1 Å². The number of halogens is 1. The van der Waals surface area contributed by atoms with E-state index in [4.69, 9.17) is 9.47 Å². The Morgan fingerprint density at radius 2 is 2.00 bits per heavy atom. The molecule has 0 spiro atoms. The summed E-state index contributed by atoms with van der Waals surface area (Å²) in [6.07, 6.45) is 1.75. The molecule has 0 fully saturated rings. The molecule has 0 amide bonds. The van der Waals surface area contributed by atoms with Gasteiger partial charge < -0.3 is 14.6 Å². The molecule has 22 heavy (non-hydrogen) atoms. The number of hydrogen-bond donors (Lipinski definition) is 1. The van der Waals surface area contributed by atoms with Crippen LogP contribution >= 0.6 is 15.9 Å². The van der Waals surface area contributed by atoms with Crippen LogP contribution in [0.25, 0.3) is 22.0 Å². The van der Waals surface area contributed by atoms with Crippen molar-refractivity contribution in [2.24, 2.45) is 0 Å². The van der Waals surface area contributed by atoms with E-state index in [1.807, 2.05) is 36.4 Å². The Labute approximate surface area is 135 Å². The third-order valence-corrected chi connectivity index (χ3v) is 4.45. The van der Waals surface area contributed by atoms with Crippen molar-refractivity contribution < 1.29 is 14.6 Å². The number of nitrogens with zero attached hydrogens (tertiary/aromatic N) is 1. The molecular weight excluding hydrogens is 346 g/mol. The summed E-state index contributed by atoms with van der Waals surface area (Å²) in [5.74, 6) is 1.42. The number of pyridine rings is 1. The van der Waals surface area contributed by atoms with Gasteiger partial charge in [-0.1, -0.05) is 18.2 Å². The molecule has 0 saturated heterocycles. The Kier molecular flexibility index (Phi) is 3.24. The van der Waals surface area contributed by atoms with E-state index in [2.05, 4.69) is 20.9 Å². The lowest BCUT2D eigenvalue weighted by molar-refractivity contribution is 0.174. The molecule has 0 radical (unpaired) electrons. The molecule has 4 rings (SSSR count). The van der Waals surface area contributed by atoms with E-state index in [0.717, 1.165) is 37.8 Å². The van der Waals surface area contributed by atoms with Gasteiger partial charge in [0.2, 0.25) is 6.79 Å². The van der Waals surface area contributed by atoms with Crippen LogP contribution in [-0.4, -0.2) is 16.9 Å². The van der Waals surface area contributed by atoms with Crippen molar-refractivity contribution >= 4 is 26.7 Å². The molecule has 0 atom stereocenters. The second-order valence-corrected chi connectivity index (χ2v) is 5.84. The molecule has 1 aliphatic rings. The number of fused-ring (bicyclic) bond motifs is 2. The summed E-state index contributed by atoms with van der Waals surface area (Å²) in [7, 11) is 0. The predicted octanol–water partition coefficient (Wildman–Crippen LogP) is 3.89. The van der Waals surface area contributed by atoms with Gasteiger partial charge in [-0.2, -0.15) is 0 Å². The molecule has 1 aromatic heterocycles. The van der Waals surface area contributed by atoms with Crippen LogP contribution in [-0.2, 0) is 6.61 Å². The SMILES string of the molecule is OCc1cccc2c(-c3c(Br)ccc4c3OCO4)nccc12. The molecule has 4 nitrogen and oxygen atoms in total. The monoisotopic (exact) mass is 357 g/mol. The molecule has 2 heterocycles. The highest BCUT2D eigenvalue weighted by molar-refractivity contribution is 9.10. The molecule has 0 aliphatic carbocycles. The van der Waals surface area contributed by atoms with Crippen molar-refractivity contribution in [3.05, 3.63) is 52.6 Å². The average Bonchev–Trinajstić information content (AvgIpc) is 3.02. The van der Waals surface area contributed by atoms with Gasteiger partial charge in [0.1, 0.15) is 0 Å². The maximum atomic E-state index is 9.53. The molecular formula is C17H12BrNO3. The van der Waals surface area contributed by atoms with Crippen LogP contribution in [0.3, 0.4) is 0 Å². The number of aliphatic hydroxyl groups is 1. The lowest BCUT2D eigenvalue weighted by Gasteiger charge is -2.12. The van der Waals surface area contributed by atoms with Gasteiger partial charge in [-0.3, -0.25) is 4.98 Å². The van der Waals surface area contributed by atoms with Crippen LogP contribution in [0.2, 0.25) is 0 Å². The summed E-state index contributed by atoms with van der Waals surface area (Å²) in [4.78, 5) is 4.54. The van der Waals surface area contributed by atoms with Crippen molar-refractivity contribution in [1.82, 2.24) is 4.98 Å². The summed E-state index contributed by atoms with van der Waals surface area (Å²) in [5, 5.41) is 11.5. The number of aliphatic hydroxyl groups excluding tert-OH is 1. The molecule has 110 valence electrons. The lowest BCUT2D eigenvalue weighted by atomic mass is 10.00. The van der Waals surface area contributed by atoms with E-state index in [9.17, 15) is 5.11 Å². The Bertz CT molecular complexity index is 879. The lowest BCUT2D eigenvalue weighted by Crippen LogP contribution is -1.95. The Morgan fingerprint density at radius 3 is 2.86 bits per heavy atom. The van der Waals surface area contributed by atoms with Gasteiger partial charge in [-0.05, 0) is 45.1 Å². The summed E-state index contributed by atoms with van der Waals surface area (Å²) < 4.78 is 12.0. The second kappa shape index (κ2) is 5.26. The van der Waals surface area contributed by atoms with Crippen molar-refractivity contribution in [1.29, 1.82) is 0 Å². The summed E-state index contributed by atoms with van der Waals surface area (Å²) in [6, 6.07) is 11.6. The molecule has 1 aliphatic heterocycles. The number of benzene rings is 2. The van der Waals surface area contributed by atoms with E-state index in [-0.39, 0.29) is 13.4 Å². The zero-order chi connectivity index (χ0) is 15.1. The Balaban J connectivity index is 2.06. The molecule has 1 N–H and O–H groups in total. The number of aromatic nitrogens is 1. The predicted molar refractivity (Wildman–Crippen MR) is 86.9 cm³/mol. The van der Waals surface area contributed by atoms with E-state index in [1.165, 1.54) is 0 Å². The van der Waals surface area contributed by atoms with Crippen molar-refractivity contribution in [3.63, 3.8) is 0 Å². The fraction of sp³-hybridized carbons (Fsp3) is 0.118. The minimum Gasteiger partial charge on any atom is -0.454 e. The van der Waals surface area contributed by atoms with Gasteiger partial charge in [-0.15, -0.1) is 0 Å². The number of ether oxygens (including phenoxy) is 2. The maximum absolute atomic E-state index is 9.53. The zero-order valence-electron chi connectivity index (χ0n) is 11.5. The van der Waals surface area contributed by atoms with Gasteiger partial charge in [-0.25, -0.2) is 0 Å². The van der Waals surface area contributed by atoms with Crippen LogP contribution in [0.4, 0.5) is 0 Å². The first-order chi connectivity index (χ1) is 10.8. The van der Waals surface area contributed by atoms with E-state index in [1.54, 1.807) is 6.20 Å². The van der Waals surface area contributed by atoms with Crippen LogP contribution in [0.5, 0.6) is 11.5 Å². The largest absolute Gasteiger partial charge is 0.454 e. The molecule has 0 saturated carbocycles. The van der Waals surface area contributed by atoms with E-state index < -0.39 is 0 Å². The van der Waals surface area contributed by atoms with Crippen LogP contribution < -0.4 is 9.47 Å². The normalized spacial score (nSPS) is 12.8. The summed E-state index contributed by atoms with van der Waals surface area (Å²) in [5.41, 5.74) is 2.56. The minimum atomic E-state index is -0.00549. The number of hydrogen-bond acceptors (Lipinski definition) is 4. The second-order valence-electron chi connectivity index (χ2n) is 4.99. The van der Waals surface area contributed by atoms with Gasteiger partial charge in [0.05, 0.1) is 17.9 Å². The number of rotatable bonds is 2. The van der Waals surface area contributed by atoms with Crippen LogP contribution in [0.1, 0.15) is 5.56 Å². The fourth-order valence-corrected chi connectivity index (χ4v) is 3.28. The van der Waals surface area contributed by atoms with Crippen LogP contribution in [0, 0.1) is 0 Å². The molecule has 5 heteroatoms. The Morgan fingerprint density at radius 1 is 1.09 bits per heavy atom. The van der Waals surface area contributed by atoms with Gasteiger partial charge in [0.15, 0.2) is 11.5 Å². The van der Waals surface area contributed by atoms with Crippen molar-refractivity contribution in [3.8, 4) is 22.8 Å².